The van der Waals surface area contributed by atoms with Gasteiger partial charge in [0.2, 0.25) is 0 Å². The van der Waals surface area contributed by atoms with Crippen molar-refractivity contribution in [2.75, 3.05) is 37.8 Å². The summed E-state index contributed by atoms with van der Waals surface area (Å²) in [7, 11) is 4.29. The molecule has 0 amide bonds. The van der Waals surface area contributed by atoms with Crippen LogP contribution in [0.15, 0.2) is 24.3 Å². The summed E-state index contributed by atoms with van der Waals surface area (Å²) >= 11 is 0. The van der Waals surface area contributed by atoms with Crippen LogP contribution in [-0.2, 0) is 0 Å². The summed E-state index contributed by atoms with van der Waals surface area (Å²) in [6, 6.07) is 8.79. The predicted molar refractivity (Wildman–Crippen MR) is 89.8 cm³/mol. The minimum Gasteiger partial charge on any atom is -0.399 e. The van der Waals surface area contributed by atoms with E-state index in [0.29, 0.717) is 6.04 Å². The Labute approximate surface area is 126 Å². The van der Waals surface area contributed by atoms with E-state index in [4.69, 9.17) is 5.73 Å². The van der Waals surface area contributed by atoms with E-state index in [1.807, 2.05) is 12.1 Å². The maximum atomic E-state index is 5.99. The molecule has 3 rings (SSSR count). The molecule has 1 fully saturated rings. The van der Waals surface area contributed by atoms with Gasteiger partial charge in [0.1, 0.15) is 0 Å². The Balaban J connectivity index is 2.08. The highest BCUT2D eigenvalue weighted by molar-refractivity contribution is 5.94. The Morgan fingerprint density at radius 3 is 2.90 bits per heavy atom. The lowest BCUT2D eigenvalue weighted by molar-refractivity contribution is 0.372. The lowest BCUT2D eigenvalue weighted by Gasteiger charge is -2.30. The van der Waals surface area contributed by atoms with Crippen molar-refractivity contribution in [2.45, 2.75) is 25.8 Å². The summed E-state index contributed by atoms with van der Waals surface area (Å²) < 4.78 is 0. The van der Waals surface area contributed by atoms with Gasteiger partial charge in [-0.2, -0.15) is 0 Å². The third kappa shape index (κ3) is 2.81. The van der Waals surface area contributed by atoms with Crippen LogP contribution in [0.2, 0.25) is 0 Å². The second-order valence-corrected chi connectivity index (χ2v) is 6.31. The van der Waals surface area contributed by atoms with Gasteiger partial charge in [-0.3, -0.25) is 4.98 Å². The lowest BCUT2D eigenvalue weighted by atomic mass is 10.1. The Bertz CT molecular complexity index is 651. The molecule has 1 aromatic heterocycles. The summed E-state index contributed by atoms with van der Waals surface area (Å²) in [6.07, 6.45) is 2.51. The van der Waals surface area contributed by atoms with E-state index in [1.54, 1.807) is 0 Å². The standard InChI is InChI=1S/C17H24N4/c1-12-9-17(15-10-13(18)6-7-16(15)19-12)21-8-4-5-14(21)11-20(2)3/h6-7,9-10,14H,4-5,8,11,18H2,1-3H3. The molecule has 1 aliphatic heterocycles. The van der Waals surface area contributed by atoms with Crippen molar-refractivity contribution in [3.8, 4) is 0 Å². The van der Waals surface area contributed by atoms with Crippen molar-refractivity contribution in [1.29, 1.82) is 0 Å². The smallest absolute Gasteiger partial charge is 0.0727 e. The minimum atomic E-state index is 0.575. The molecule has 1 atom stereocenters. The quantitative estimate of drug-likeness (QED) is 0.880. The van der Waals surface area contributed by atoms with Gasteiger partial charge in [0.25, 0.3) is 0 Å². The topological polar surface area (TPSA) is 45.4 Å². The number of anilines is 2. The molecule has 1 saturated heterocycles. The number of pyridine rings is 1. The number of nitrogens with two attached hydrogens (primary N) is 1. The van der Waals surface area contributed by atoms with Gasteiger partial charge in [-0.05, 0) is 58.1 Å². The van der Waals surface area contributed by atoms with Crippen LogP contribution < -0.4 is 10.6 Å². The van der Waals surface area contributed by atoms with Crippen molar-refractivity contribution < 1.29 is 0 Å². The first-order chi connectivity index (χ1) is 10.0. The van der Waals surface area contributed by atoms with Gasteiger partial charge in [-0.1, -0.05) is 0 Å². The second kappa shape index (κ2) is 5.53. The van der Waals surface area contributed by atoms with Crippen LogP contribution in [0, 0.1) is 6.92 Å². The van der Waals surface area contributed by atoms with Crippen molar-refractivity contribution >= 4 is 22.3 Å². The number of nitrogen functional groups attached to an aromatic ring is 1. The van der Waals surface area contributed by atoms with E-state index < -0.39 is 0 Å². The monoisotopic (exact) mass is 284 g/mol. The van der Waals surface area contributed by atoms with Crippen molar-refractivity contribution in [3.05, 3.63) is 30.0 Å². The third-order valence-electron chi connectivity index (χ3n) is 4.20. The van der Waals surface area contributed by atoms with Gasteiger partial charge in [-0.15, -0.1) is 0 Å². The van der Waals surface area contributed by atoms with Crippen molar-refractivity contribution in [2.24, 2.45) is 0 Å². The molecule has 2 heterocycles. The zero-order valence-electron chi connectivity index (χ0n) is 13.1. The van der Waals surface area contributed by atoms with Crippen LogP contribution in [-0.4, -0.2) is 43.1 Å². The Morgan fingerprint density at radius 2 is 2.14 bits per heavy atom. The highest BCUT2D eigenvalue weighted by Crippen LogP contribution is 2.33. The number of rotatable bonds is 3. The average Bonchev–Trinajstić information content (AvgIpc) is 2.85. The fourth-order valence-electron chi connectivity index (χ4n) is 3.36. The number of aryl methyl sites for hydroxylation is 1. The zero-order chi connectivity index (χ0) is 15.0. The van der Waals surface area contributed by atoms with E-state index >= 15 is 0 Å². The van der Waals surface area contributed by atoms with Crippen LogP contribution in [0.5, 0.6) is 0 Å². The van der Waals surface area contributed by atoms with E-state index in [-0.39, 0.29) is 0 Å². The normalized spacial score (nSPS) is 18.9. The van der Waals surface area contributed by atoms with Crippen LogP contribution in [0.1, 0.15) is 18.5 Å². The summed E-state index contributed by atoms with van der Waals surface area (Å²) in [5, 5.41) is 1.17. The van der Waals surface area contributed by atoms with E-state index in [2.05, 4.69) is 47.9 Å². The Morgan fingerprint density at radius 1 is 1.33 bits per heavy atom. The molecule has 1 aliphatic rings. The number of likely N-dealkylation sites (N-methyl/N-ethyl adjacent to an activating group) is 1. The van der Waals surface area contributed by atoms with Gasteiger partial charge in [0.05, 0.1) is 5.52 Å². The summed E-state index contributed by atoms with van der Waals surface area (Å²) in [4.78, 5) is 9.45. The SMILES string of the molecule is Cc1cc(N2CCCC2CN(C)C)c2cc(N)ccc2n1. The summed E-state index contributed by atoms with van der Waals surface area (Å²) in [5.74, 6) is 0. The fraction of sp³-hybridized carbons (Fsp3) is 0.471. The molecular formula is C17H24N4. The highest BCUT2D eigenvalue weighted by Gasteiger charge is 2.26. The molecule has 0 saturated carbocycles. The number of nitrogens with zero attached hydrogens (tertiary/aromatic N) is 3. The highest BCUT2D eigenvalue weighted by atomic mass is 15.2. The lowest BCUT2D eigenvalue weighted by Crippen LogP contribution is -2.37. The molecule has 4 heteroatoms. The maximum absolute atomic E-state index is 5.99. The molecule has 0 radical (unpaired) electrons. The first kappa shape index (κ1) is 14.1. The zero-order valence-corrected chi connectivity index (χ0v) is 13.1. The number of benzene rings is 1. The van der Waals surface area contributed by atoms with Crippen molar-refractivity contribution in [3.63, 3.8) is 0 Å². The molecule has 2 N–H and O–H groups in total. The van der Waals surface area contributed by atoms with Crippen LogP contribution in [0.3, 0.4) is 0 Å². The van der Waals surface area contributed by atoms with E-state index in [1.165, 1.54) is 23.9 Å². The van der Waals surface area contributed by atoms with E-state index in [0.717, 1.165) is 30.0 Å². The number of aromatic nitrogens is 1. The van der Waals surface area contributed by atoms with E-state index in [9.17, 15) is 0 Å². The fourth-order valence-corrected chi connectivity index (χ4v) is 3.36. The molecule has 112 valence electrons. The Kier molecular flexibility index (Phi) is 3.72. The molecule has 1 unspecified atom stereocenters. The second-order valence-electron chi connectivity index (χ2n) is 6.31. The molecule has 2 aromatic rings. The number of hydrogen-bond donors (Lipinski definition) is 1. The molecule has 0 bridgehead atoms. The average molecular weight is 284 g/mol. The number of hydrogen-bond acceptors (Lipinski definition) is 4. The molecular weight excluding hydrogens is 260 g/mol. The molecule has 0 aliphatic carbocycles. The first-order valence-electron chi connectivity index (χ1n) is 7.63. The summed E-state index contributed by atoms with van der Waals surface area (Å²) in [6.45, 7) is 4.27. The van der Waals surface area contributed by atoms with Gasteiger partial charge < -0.3 is 15.5 Å². The van der Waals surface area contributed by atoms with Crippen LogP contribution in [0.4, 0.5) is 11.4 Å². The van der Waals surface area contributed by atoms with Gasteiger partial charge in [-0.25, -0.2) is 0 Å². The number of fused-ring (bicyclic) bond motifs is 1. The molecule has 1 aromatic carbocycles. The summed E-state index contributed by atoms with van der Waals surface area (Å²) in [5.41, 5.74) is 10.2. The maximum Gasteiger partial charge on any atom is 0.0727 e. The molecule has 0 spiro atoms. The van der Waals surface area contributed by atoms with Gasteiger partial charge in [0.15, 0.2) is 0 Å². The largest absolute Gasteiger partial charge is 0.399 e. The van der Waals surface area contributed by atoms with Gasteiger partial charge >= 0.3 is 0 Å². The van der Waals surface area contributed by atoms with Crippen molar-refractivity contribution in [1.82, 2.24) is 9.88 Å². The van der Waals surface area contributed by atoms with Gasteiger partial charge in [0, 0.05) is 41.6 Å². The third-order valence-corrected chi connectivity index (χ3v) is 4.20. The van der Waals surface area contributed by atoms with Crippen LogP contribution >= 0.6 is 0 Å². The first-order valence-corrected chi connectivity index (χ1v) is 7.63. The predicted octanol–water partition coefficient (Wildman–Crippen LogP) is 2.66. The van der Waals surface area contributed by atoms with Crippen LogP contribution in [0.25, 0.3) is 10.9 Å². The molecule has 4 nitrogen and oxygen atoms in total. The molecule has 21 heavy (non-hydrogen) atoms. The Hall–Kier alpha value is -1.81. The minimum absolute atomic E-state index is 0.575.